The molecule has 0 radical (unpaired) electrons. The average Bonchev–Trinajstić information content (AvgIpc) is 2.36. The first-order chi connectivity index (χ1) is 7.61. The predicted molar refractivity (Wildman–Crippen MR) is 61.0 cm³/mol. The average molecular weight is 240 g/mol. The van der Waals surface area contributed by atoms with Crippen molar-refractivity contribution >= 4 is 17.7 Å². The Balaban J connectivity index is 2.85. The summed E-state index contributed by atoms with van der Waals surface area (Å²) in [7, 11) is 0. The molecule has 0 bridgehead atoms. The zero-order valence-electron chi connectivity index (χ0n) is 8.63. The number of halogens is 1. The van der Waals surface area contributed by atoms with Gasteiger partial charge in [0.25, 0.3) is 5.56 Å². The van der Waals surface area contributed by atoms with Crippen LogP contribution in [-0.4, -0.2) is 16.5 Å². The van der Waals surface area contributed by atoms with Gasteiger partial charge in [0.2, 0.25) is 0 Å². The molecule has 16 heavy (non-hydrogen) atoms. The number of hydrogen-bond donors (Lipinski definition) is 2. The topological polar surface area (TPSA) is 78.1 Å². The Hall–Kier alpha value is -1.62. The number of allylic oxidation sites excluding steroid dienone is 1. The van der Waals surface area contributed by atoms with Gasteiger partial charge in [-0.15, -0.1) is 0 Å². The van der Waals surface area contributed by atoms with Crippen molar-refractivity contribution in [1.29, 1.82) is 0 Å². The molecule has 2 heterocycles. The van der Waals surface area contributed by atoms with E-state index in [1.165, 1.54) is 0 Å². The lowest BCUT2D eigenvalue weighted by molar-refractivity contribution is 0.921. The second kappa shape index (κ2) is 4.09. The first-order valence-corrected chi connectivity index (χ1v) is 5.26. The molecule has 2 N–H and O–H groups in total. The molecular weight excluding hydrogens is 230 g/mol. The molecule has 1 aromatic heterocycles. The first-order valence-electron chi connectivity index (χ1n) is 4.88. The standard InChI is InChI=1S/C10H10ClN3O2/c1-2-5-4-12-8-7(3-6(5)11)13-10(16)14-9(8)15/h3H,2,4H2,1H3,(H2,13,14,15,16). The van der Waals surface area contributed by atoms with E-state index < -0.39 is 11.2 Å². The van der Waals surface area contributed by atoms with Crippen LogP contribution in [0, 0.1) is 0 Å². The molecule has 0 fully saturated rings. The summed E-state index contributed by atoms with van der Waals surface area (Å²) in [5.41, 5.74) is -0.102. The van der Waals surface area contributed by atoms with Crippen molar-refractivity contribution in [2.75, 3.05) is 6.54 Å². The Morgan fingerprint density at radius 3 is 2.88 bits per heavy atom. The van der Waals surface area contributed by atoms with Crippen molar-refractivity contribution in [1.82, 2.24) is 9.97 Å². The molecule has 0 aromatic carbocycles. The smallest absolute Gasteiger partial charge is 0.305 e. The predicted octanol–water partition coefficient (Wildman–Crippen LogP) is -0.620. The number of aromatic nitrogens is 2. The molecule has 1 aliphatic rings. The summed E-state index contributed by atoms with van der Waals surface area (Å²) in [6.07, 6.45) is 2.33. The molecule has 5 nitrogen and oxygen atoms in total. The minimum atomic E-state index is -0.556. The largest absolute Gasteiger partial charge is 0.326 e. The van der Waals surface area contributed by atoms with Crippen LogP contribution in [-0.2, 0) is 0 Å². The fraction of sp³-hybridized carbons (Fsp3) is 0.300. The summed E-state index contributed by atoms with van der Waals surface area (Å²) in [6.45, 7) is 2.35. The Morgan fingerprint density at radius 2 is 2.19 bits per heavy atom. The maximum absolute atomic E-state index is 11.5. The highest BCUT2D eigenvalue weighted by Gasteiger charge is 2.06. The highest BCUT2D eigenvalue weighted by molar-refractivity contribution is 6.34. The third-order valence-corrected chi connectivity index (χ3v) is 2.79. The number of nitrogens with one attached hydrogen (secondary N) is 2. The second-order valence-corrected chi connectivity index (χ2v) is 3.84. The molecule has 0 atom stereocenters. The lowest BCUT2D eigenvalue weighted by Gasteiger charge is -1.98. The Morgan fingerprint density at radius 1 is 1.44 bits per heavy atom. The van der Waals surface area contributed by atoms with Gasteiger partial charge in [0, 0.05) is 5.03 Å². The number of rotatable bonds is 1. The van der Waals surface area contributed by atoms with E-state index in [9.17, 15) is 9.59 Å². The van der Waals surface area contributed by atoms with E-state index in [1.54, 1.807) is 6.08 Å². The summed E-state index contributed by atoms with van der Waals surface area (Å²) in [5, 5.41) is 1.12. The summed E-state index contributed by atoms with van der Waals surface area (Å²) in [6, 6.07) is 0. The SMILES string of the molecule is CCC1=C(Cl)C=c2[nH]c(=O)[nH]c(=O)c2=NC1. The van der Waals surface area contributed by atoms with E-state index in [2.05, 4.69) is 15.0 Å². The highest BCUT2D eigenvalue weighted by atomic mass is 35.5. The lowest BCUT2D eigenvalue weighted by atomic mass is 10.2. The van der Waals surface area contributed by atoms with Crippen LogP contribution in [0.4, 0.5) is 0 Å². The molecule has 6 heteroatoms. The number of hydrogen-bond acceptors (Lipinski definition) is 3. The van der Waals surface area contributed by atoms with Crippen molar-refractivity contribution in [3.8, 4) is 0 Å². The van der Waals surface area contributed by atoms with Crippen molar-refractivity contribution in [2.24, 2.45) is 4.99 Å². The van der Waals surface area contributed by atoms with Gasteiger partial charge in [-0.05, 0) is 18.1 Å². The number of fused-ring (bicyclic) bond motifs is 1. The van der Waals surface area contributed by atoms with Crippen LogP contribution in [0.15, 0.2) is 25.2 Å². The maximum atomic E-state index is 11.5. The van der Waals surface area contributed by atoms with Gasteiger partial charge in [-0.3, -0.25) is 14.8 Å². The van der Waals surface area contributed by atoms with Gasteiger partial charge in [-0.2, -0.15) is 0 Å². The third-order valence-electron chi connectivity index (χ3n) is 2.41. The van der Waals surface area contributed by atoms with Gasteiger partial charge in [0.1, 0.15) is 5.36 Å². The number of aromatic amines is 2. The van der Waals surface area contributed by atoms with Crippen LogP contribution in [0.2, 0.25) is 0 Å². The Kier molecular flexibility index (Phi) is 2.78. The maximum Gasteiger partial charge on any atom is 0.326 e. The Bertz CT molecular complexity index is 681. The van der Waals surface area contributed by atoms with Gasteiger partial charge >= 0.3 is 5.69 Å². The minimum absolute atomic E-state index is 0.223. The fourth-order valence-corrected chi connectivity index (χ4v) is 1.82. The number of H-pyrrole nitrogens is 2. The molecule has 1 aliphatic heterocycles. The molecule has 0 spiro atoms. The first kappa shape index (κ1) is 10.9. The van der Waals surface area contributed by atoms with E-state index in [0.717, 1.165) is 12.0 Å². The van der Waals surface area contributed by atoms with E-state index in [0.29, 0.717) is 16.9 Å². The summed E-state index contributed by atoms with van der Waals surface area (Å²) in [5.74, 6) is 0. The zero-order valence-corrected chi connectivity index (χ0v) is 9.39. The lowest BCUT2D eigenvalue weighted by Crippen LogP contribution is -2.48. The van der Waals surface area contributed by atoms with Crippen molar-refractivity contribution in [3.63, 3.8) is 0 Å². The second-order valence-electron chi connectivity index (χ2n) is 3.44. The molecule has 0 amide bonds. The van der Waals surface area contributed by atoms with Crippen LogP contribution >= 0.6 is 11.6 Å². The van der Waals surface area contributed by atoms with Crippen molar-refractivity contribution in [2.45, 2.75) is 13.3 Å². The fourth-order valence-electron chi connectivity index (χ4n) is 1.52. The summed E-state index contributed by atoms with van der Waals surface area (Å²) >= 11 is 6.05. The van der Waals surface area contributed by atoms with E-state index in [4.69, 9.17) is 11.6 Å². The van der Waals surface area contributed by atoms with Crippen LogP contribution in [0.25, 0.3) is 6.08 Å². The molecule has 0 unspecified atom stereocenters. The monoisotopic (exact) mass is 239 g/mol. The van der Waals surface area contributed by atoms with Gasteiger partial charge < -0.3 is 4.98 Å². The zero-order chi connectivity index (χ0) is 11.7. The quantitative estimate of drug-likeness (QED) is 0.685. The molecule has 0 aliphatic carbocycles. The molecule has 2 rings (SSSR count). The summed E-state index contributed by atoms with van der Waals surface area (Å²) in [4.78, 5) is 31.4. The van der Waals surface area contributed by atoms with E-state index in [-0.39, 0.29) is 5.36 Å². The van der Waals surface area contributed by atoms with Crippen LogP contribution in [0.1, 0.15) is 13.3 Å². The normalized spacial score (nSPS) is 14.9. The van der Waals surface area contributed by atoms with Crippen molar-refractivity contribution < 1.29 is 0 Å². The molecule has 1 aromatic rings. The molecule has 0 saturated heterocycles. The highest BCUT2D eigenvalue weighted by Crippen LogP contribution is 2.14. The van der Waals surface area contributed by atoms with Gasteiger partial charge in [-0.1, -0.05) is 18.5 Å². The molecule has 84 valence electrons. The minimum Gasteiger partial charge on any atom is -0.305 e. The molecule has 0 saturated carbocycles. The van der Waals surface area contributed by atoms with Crippen LogP contribution < -0.4 is 22.0 Å². The van der Waals surface area contributed by atoms with Crippen molar-refractivity contribution in [3.05, 3.63) is 42.1 Å². The summed E-state index contributed by atoms with van der Waals surface area (Å²) < 4.78 is 0. The van der Waals surface area contributed by atoms with Gasteiger partial charge in [-0.25, -0.2) is 4.79 Å². The van der Waals surface area contributed by atoms with Crippen LogP contribution in [0.5, 0.6) is 0 Å². The van der Waals surface area contributed by atoms with Gasteiger partial charge in [0.15, 0.2) is 0 Å². The number of nitrogens with zero attached hydrogens (tertiary/aromatic N) is 1. The van der Waals surface area contributed by atoms with E-state index >= 15 is 0 Å². The van der Waals surface area contributed by atoms with Crippen LogP contribution in [0.3, 0.4) is 0 Å². The Labute approximate surface area is 95.2 Å². The third kappa shape index (κ3) is 1.86. The molecular formula is C10H10ClN3O2. The van der Waals surface area contributed by atoms with Gasteiger partial charge in [0.05, 0.1) is 11.9 Å². The van der Waals surface area contributed by atoms with E-state index in [1.807, 2.05) is 6.92 Å².